The second-order valence-corrected chi connectivity index (χ2v) is 7.64. The lowest BCUT2D eigenvalue weighted by atomic mass is 10.1. The molecule has 0 fully saturated rings. The van der Waals surface area contributed by atoms with Crippen molar-refractivity contribution < 1.29 is 4.57 Å². The van der Waals surface area contributed by atoms with E-state index < -0.39 is 7.80 Å². The maximum Gasteiger partial charge on any atom is 0.104 e. The van der Waals surface area contributed by atoms with Gasteiger partial charge in [-0.15, -0.1) is 0 Å². The molecule has 1 unspecified atom stereocenters. The van der Waals surface area contributed by atoms with Crippen LogP contribution in [0.3, 0.4) is 0 Å². The molecule has 0 radical (unpaired) electrons. The van der Waals surface area contributed by atoms with Crippen LogP contribution >= 0.6 is 7.80 Å². The summed E-state index contributed by atoms with van der Waals surface area (Å²) in [6.07, 6.45) is 14.3. The third kappa shape index (κ3) is 8.59. The zero-order valence-electron chi connectivity index (χ0n) is 13.1. The molecule has 1 aromatic rings. The molecule has 0 aliphatic carbocycles. The lowest BCUT2D eigenvalue weighted by Crippen LogP contribution is -1.96. The zero-order valence-corrected chi connectivity index (χ0v) is 14.1. The Labute approximate surface area is 126 Å². The van der Waals surface area contributed by atoms with Gasteiger partial charge in [0.1, 0.15) is 7.80 Å². The second kappa shape index (κ2) is 12.2. The molecule has 0 heterocycles. The van der Waals surface area contributed by atoms with E-state index in [0.29, 0.717) is 0 Å². The molecule has 0 saturated heterocycles. The van der Waals surface area contributed by atoms with E-state index in [0.717, 1.165) is 17.9 Å². The van der Waals surface area contributed by atoms with Crippen LogP contribution in [-0.2, 0) is 4.57 Å². The molecule has 1 rings (SSSR count). The van der Waals surface area contributed by atoms with Gasteiger partial charge < -0.3 is 4.57 Å². The molecule has 0 amide bonds. The van der Waals surface area contributed by atoms with Gasteiger partial charge in [0.25, 0.3) is 0 Å². The summed E-state index contributed by atoms with van der Waals surface area (Å²) in [5.41, 5.74) is 0. The lowest BCUT2D eigenvalue weighted by molar-refractivity contribution is 0.560. The summed E-state index contributed by atoms with van der Waals surface area (Å²) < 4.78 is 12.1. The highest BCUT2D eigenvalue weighted by atomic mass is 31.1. The van der Waals surface area contributed by atoms with Crippen molar-refractivity contribution in [2.75, 3.05) is 6.16 Å². The Bertz CT molecular complexity index is 348. The predicted molar refractivity (Wildman–Crippen MR) is 91.8 cm³/mol. The van der Waals surface area contributed by atoms with Crippen molar-refractivity contribution in [3.8, 4) is 0 Å². The molecule has 0 aliphatic heterocycles. The Balaban J connectivity index is 1.91. The molecule has 114 valence electrons. The minimum absolute atomic E-state index is 0.894. The van der Waals surface area contributed by atoms with Crippen LogP contribution in [-0.4, -0.2) is 6.16 Å². The van der Waals surface area contributed by atoms with E-state index in [1.165, 1.54) is 57.8 Å². The number of hydrogen-bond donors (Lipinski definition) is 0. The van der Waals surface area contributed by atoms with Crippen LogP contribution in [0.1, 0.15) is 71.1 Å². The summed E-state index contributed by atoms with van der Waals surface area (Å²) in [5, 5.41) is 1.05. The molecule has 0 N–H and O–H groups in total. The van der Waals surface area contributed by atoms with Crippen molar-refractivity contribution >= 4 is 13.1 Å². The number of rotatable bonds is 12. The first-order valence-corrected chi connectivity index (χ1v) is 10.0. The van der Waals surface area contributed by atoms with Crippen LogP contribution in [0.25, 0.3) is 0 Å². The summed E-state index contributed by atoms with van der Waals surface area (Å²) in [4.78, 5) is 0. The first-order valence-electron chi connectivity index (χ1n) is 8.43. The van der Waals surface area contributed by atoms with Gasteiger partial charge >= 0.3 is 0 Å². The summed E-state index contributed by atoms with van der Waals surface area (Å²) in [7, 11) is -1.52. The van der Waals surface area contributed by atoms with Crippen molar-refractivity contribution in [3.05, 3.63) is 30.3 Å². The van der Waals surface area contributed by atoms with E-state index in [-0.39, 0.29) is 0 Å². The van der Waals surface area contributed by atoms with Gasteiger partial charge in [0.15, 0.2) is 0 Å². The average molecular weight is 294 g/mol. The van der Waals surface area contributed by atoms with E-state index in [4.69, 9.17) is 0 Å². The fourth-order valence-electron chi connectivity index (χ4n) is 2.54. The summed E-state index contributed by atoms with van der Waals surface area (Å²) >= 11 is 0. The van der Waals surface area contributed by atoms with Crippen molar-refractivity contribution in [1.82, 2.24) is 0 Å². The van der Waals surface area contributed by atoms with Gasteiger partial charge in [0, 0.05) is 11.5 Å². The van der Waals surface area contributed by atoms with Gasteiger partial charge in [-0.1, -0.05) is 95.0 Å². The monoisotopic (exact) mass is 294 g/mol. The highest BCUT2D eigenvalue weighted by molar-refractivity contribution is 7.53. The largest absolute Gasteiger partial charge is 0.322 e. The zero-order chi connectivity index (χ0) is 14.5. The van der Waals surface area contributed by atoms with Crippen LogP contribution in [0.5, 0.6) is 0 Å². The third-order valence-electron chi connectivity index (χ3n) is 3.85. The fraction of sp³-hybridized carbons (Fsp3) is 0.667. The lowest BCUT2D eigenvalue weighted by Gasteiger charge is -2.03. The maximum atomic E-state index is 12.1. The highest BCUT2D eigenvalue weighted by Crippen LogP contribution is 2.22. The van der Waals surface area contributed by atoms with Crippen LogP contribution in [0.2, 0.25) is 0 Å². The first-order chi connectivity index (χ1) is 9.84. The van der Waals surface area contributed by atoms with E-state index >= 15 is 0 Å². The topological polar surface area (TPSA) is 17.1 Å². The van der Waals surface area contributed by atoms with E-state index in [2.05, 4.69) is 6.92 Å². The van der Waals surface area contributed by atoms with Gasteiger partial charge in [-0.2, -0.15) is 0 Å². The Hall–Kier alpha value is -0.550. The van der Waals surface area contributed by atoms with Crippen LogP contribution in [0, 0.1) is 0 Å². The molecule has 0 bridgehead atoms. The van der Waals surface area contributed by atoms with Gasteiger partial charge in [0.2, 0.25) is 0 Å². The summed E-state index contributed by atoms with van der Waals surface area (Å²) in [5.74, 6) is 0. The molecule has 1 nitrogen and oxygen atoms in total. The minimum Gasteiger partial charge on any atom is -0.322 e. The first kappa shape index (κ1) is 17.5. The quantitative estimate of drug-likeness (QED) is 0.352. The molecule has 20 heavy (non-hydrogen) atoms. The average Bonchev–Trinajstić information content (AvgIpc) is 2.50. The summed E-state index contributed by atoms with van der Waals surface area (Å²) in [6.45, 7) is 2.27. The van der Waals surface area contributed by atoms with Crippen molar-refractivity contribution in [2.24, 2.45) is 0 Å². The number of benzene rings is 1. The normalized spacial score (nSPS) is 12.4. The maximum absolute atomic E-state index is 12.1. The SMILES string of the molecule is CCCCCCCCCCCC[PH](=O)c1ccccc1. The molecular formula is C18H31OP. The molecule has 0 spiro atoms. The van der Waals surface area contributed by atoms with Crippen molar-refractivity contribution in [3.63, 3.8) is 0 Å². The Morgan fingerprint density at radius 3 is 1.80 bits per heavy atom. The van der Waals surface area contributed by atoms with E-state index in [1.54, 1.807) is 0 Å². The molecule has 1 aromatic carbocycles. The smallest absolute Gasteiger partial charge is 0.104 e. The molecule has 0 aliphatic rings. The van der Waals surface area contributed by atoms with Crippen molar-refractivity contribution in [2.45, 2.75) is 71.1 Å². The van der Waals surface area contributed by atoms with Crippen molar-refractivity contribution in [1.29, 1.82) is 0 Å². The molecular weight excluding hydrogens is 263 g/mol. The molecule has 0 aromatic heterocycles. The number of unbranched alkanes of at least 4 members (excludes halogenated alkanes) is 9. The minimum atomic E-state index is -1.52. The Morgan fingerprint density at radius 2 is 1.25 bits per heavy atom. The Morgan fingerprint density at radius 1 is 0.750 bits per heavy atom. The Kier molecular flexibility index (Phi) is 10.7. The number of hydrogen-bond acceptors (Lipinski definition) is 1. The van der Waals surface area contributed by atoms with Crippen LogP contribution in [0.15, 0.2) is 30.3 Å². The molecule has 2 heteroatoms. The van der Waals surface area contributed by atoms with Crippen LogP contribution in [0.4, 0.5) is 0 Å². The third-order valence-corrected chi connectivity index (χ3v) is 5.64. The van der Waals surface area contributed by atoms with E-state index in [9.17, 15) is 4.57 Å². The summed E-state index contributed by atoms with van der Waals surface area (Å²) in [6, 6.07) is 9.95. The fourth-order valence-corrected chi connectivity index (χ4v) is 3.97. The second-order valence-electron chi connectivity index (χ2n) is 5.72. The molecule has 0 saturated carbocycles. The predicted octanol–water partition coefficient (Wildman–Crippen LogP) is 5.79. The van der Waals surface area contributed by atoms with Gasteiger partial charge in [0.05, 0.1) is 0 Å². The standard InChI is InChI=1S/C18H31OP/c1-2-3-4-5-6-7-8-9-10-14-17-20(19)18-15-12-11-13-16-18/h11-13,15-16,20H,2-10,14,17H2,1H3. The van der Waals surface area contributed by atoms with Gasteiger partial charge in [-0.25, -0.2) is 0 Å². The van der Waals surface area contributed by atoms with Gasteiger partial charge in [-0.05, 0) is 6.42 Å². The highest BCUT2D eigenvalue weighted by Gasteiger charge is 2.02. The van der Waals surface area contributed by atoms with E-state index in [1.807, 2.05) is 30.3 Å². The van der Waals surface area contributed by atoms with Crippen LogP contribution < -0.4 is 5.30 Å². The molecule has 1 atom stereocenters. The van der Waals surface area contributed by atoms with Gasteiger partial charge in [-0.3, -0.25) is 0 Å².